The van der Waals surface area contributed by atoms with Crippen LogP contribution in [0.15, 0.2) is 23.1 Å². The summed E-state index contributed by atoms with van der Waals surface area (Å²) in [6.07, 6.45) is 1.19. The van der Waals surface area contributed by atoms with Crippen LogP contribution < -0.4 is 10.7 Å². The normalized spacial score (nSPS) is 15.3. The first kappa shape index (κ1) is 12.7. The Morgan fingerprint density at radius 3 is 2.50 bits per heavy atom. The zero-order chi connectivity index (χ0) is 14.4. The summed E-state index contributed by atoms with van der Waals surface area (Å²) < 4.78 is 28.2. The van der Waals surface area contributed by atoms with Crippen LogP contribution in [0.4, 0.5) is 8.78 Å². The summed E-state index contributed by atoms with van der Waals surface area (Å²) >= 11 is 0. The SMILES string of the molecule is O=C(O)c1cn(C2CNC2)c2cc(F)c(F)cc2c1=O. The molecule has 3 rings (SSSR count). The predicted molar refractivity (Wildman–Crippen MR) is 67.0 cm³/mol. The number of carboxylic acid groups (broad SMARTS) is 1. The van der Waals surface area contributed by atoms with Crippen molar-refractivity contribution in [2.24, 2.45) is 0 Å². The van der Waals surface area contributed by atoms with Crippen LogP contribution in [0.25, 0.3) is 10.9 Å². The molecule has 1 aromatic heterocycles. The maximum absolute atomic E-state index is 13.4. The molecule has 0 atom stereocenters. The Kier molecular flexibility index (Phi) is 2.79. The van der Waals surface area contributed by atoms with Crippen molar-refractivity contribution in [2.45, 2.75) is 6.04 Å². The number of aromatic nitrogens is 1. The largest absolute Gasteiger partial charge is 0.477 e. The van der Waals surface area contributed by atoms with Gasteiger partial charge in [0.25, 0.3) is 0 Å². The van der Waals surface area contributed by atoms with Crippen molar-refractivity contribution in [3.05, 3.63) is 45.8 Å². The van der Waals surface area contributed by atoms with E-state index in [1.165, 1.54) is 10.8 Å². The third-order valence-corrected chi connectivity index (χ3v) is 3.46. The molecule has 20 heavy (non-hydrogen) atoms. The third-order valence-electron chi connectivity index (χ3n) is 3.46. The molecule has 0 aliphatic carbocycles. The van der Waals surface area contributed by atoms with Crippen LogP contribution in [0.2, 0.25) is 0 Å². The number of nitrogens with one attached hydrogen (secondary N) is 1. The molecule has 1 aliphatic rings. The molecule has 0 spiro atoms. The van der Waals surface area contributed by atoms with Crippen LogP contribution in [0.3, 0.4) is 0 Å². The fourth-order valence-corrected chi connectivity index (χ4v) is 2.27. The van der Waals surface area contributed by atoms with Gasteiger partial charge in [0, 0.05) is 30.7 Å². The van der Waals surface area contributed by atoms with E-state index in [4.69, 9.17) is 5.11 Å². The minimum atomic E-state index is -1.39. The Labute approximate surface area is 111 Å². The number of hydrogen-bond acceptors (Lipinski definition) is 3. The smallest absolute Gasteiger partial charge is 0.341 e. The van der Waals surface area contributed by atoms with Crippen LogP contribution in [0.1, 0.15) is 16.4 Å². The monoisotopic (exact) mass is 280 g/mol. The molecule has 1 fully saturated rings. The second kappa shape index (κ2) is 4.38. The highest BCUT2D eigenvalue weighted by molar-refractivity contribution is 5.92. The van der Waals surface area contributed by atoms with Crippen molar-refractivity contribution in [1.29, 1.82) is 0 Å². The lowest BCUT2D eigenvalue weighted by atomic mass is 10.1. The topological polar surface area (TPSA) is 71.3 Å². The second-order valence-electron chi connectivity index (χ2n) is 4.68. The van der Waals surface area contributed by atoms with E-state index in [-0.39, 0.29) is 16.9 Å². The Bertz CT molecular complexity index is 781. The highest BCUT2D eigenvalue weighted by Gasteiger charge is 2.24. The van der Waals surface area contributed by atoms with Gasteiger partial charge in [-0.2, -0.15) is 0 Å². The van der Waals surface area contributed by atoms with Crippen molar-refractivity contribution in [3.8, 4) is 0 Å². The summed E-state index contributed by atoms with van der Waals surface area (Å²) in [5, 5.41) is 11.9. The first-order valence-corrected chi connectivity index (χ1v) is 5.97. The van der Waals surface area contributed by atoms with Gasteiger partial charge in [0.05, 0.1) is 11.6 Å². The van der Waals surface area contributed by atoms with E-state index >= 15 is 0 Å². The second-order valence-corrected chi connectivity index (χ2v) is 4.68. The molecule has 0 saturated carbocycles. The summed E-state index contributed by atoms with van der Waals surface area (Å²) in [5.74, 6) is -3.63. The average molecular weight is 280 g/mol. The van der Waals surface area contributed by atoms with E-state index < -0.39 is 28.6 Å². The molecule has 2 N–H and O–H groups in total. The lowest BCUT2D eigenvalue weighted by Crippen LogP contribution is -2.44. The molecular formula is C13H10F2N2O3. The van der Waals surface area contributed by atoms with Crippen LogP contribution in [0.5, 0.6) is 0 Å². The molecule has 1 saturated heterocycles. The predicted octanol–water partition coefficient (Wildman–Crippen LogP) is 1.12. The van der Waals surface area contributed by atoms with Gasteiger partial charge in [-0.05, 0) is 6.07 Å². The van der Waals surface area contributed by atoms with E-state index in [9.17, 15) is 18.4 Å². The minimum absolute atomic E-state index is 0.0824. The number of fused-ring (bicyclic) bond motifs is 1. The third kappa shape index (κ3) is 1.78. The van der Waals surface area contributed by atoms with E-state index in [1.807, 2.05) is 0 Å². The van der Waals surface area contributed by atoms with Gasteiger partial charge in [-0.25, -0.2) is 13.6 Å². The van der Waals surface area contributed by atoms with Gasteiger partial charge < -0.3 is 15.0 Å². The molecule has 2 heterocycles. The fraction of sp³-hybridized carbons (Fsp3) is 0.231. The zero-order valence-corrected chi connectivity index (χ0v) is 10.2. The van der Waals surface area contributed by atoms with Crippen molar-refractivity contribution < 1.29 is 18.7 Å². The lowest BCUT2D eigenvalue weighted by molar-refractivity contribution is 0.0694. The van der Waals surface area contributed by atoms with Crippen LogP contribution in [0, 0.1) is 11.6 Å². The van der Waals surface area contributed by atoms with Gasteiger partial charge >= 0.3 is 5.97 Å². The summed E-state index contributed by atoms with van der Waals surface area (Å²) in [6.45, 7) is 1.16. The molecular weight excluding hydrogens is 270 g/mol. The van der Waals surface area contributed by atoms with Crippen molar-refractivity contribution in [1.82, 2.24) is 9.88 Å². The summed E-state index contributed by atoms with van der Waals surface area (Å²) in [4.78, 5) is 23.1. The molecule has 0 bridgehead atoms. The molecule has 0 amide bonds. The Morgan fingerprint density at radius 2 is 1.95 bits per heavy atom. The van der Waals surface area contributed by atoms with Crippen LogP contribution in [-0.2, 0) is 0 Å². The quantitative estimate of drug-likeness (QED) is 0.865. The Morgan fingerprint density at radius 1 is 1.30 bits per heavy atom. The number of halogens is 2. The number of carbonyl (C=O) groups is 1. The lowest BCUT2D eigenvalue weighted by Gasteiger charge is -2.31. The van der Waals surface area contributed by atoms with Crippen LogP contribution >= 0.6 is 0 Å². The first-order chi connectivity index (χ1) is 9.49. The molecule has 7 heteroatoms. The highest BCUT2D eigenvalue weighted by Crippen LogP contribution is 2.22. The summed E-state index contributed by atoms with van der Waals surface area (Å²) in [5.41, 5.74) is -1.06. The maximum atomic E-state index is 13.4. The number of carboxylic acids is 1. The standard InChI is InChI=1S/C13H10F2N2O3/c14-9-1-7-11(2-10(9)15)17(6-3-16-4-6)5-8(12(7)18)13(19)20/h1-2,5-6,16H,3-4H2,(H,19,20). The van der Waals surface area contributed by atoms with E-state index in [0.29, 0.717) is 13.1 Å². The number of pyridine rings is 1. The molecule has 1 aromatic carbocycles. The molecule has 5 nitrogen and oxygen atoms in total. The van der Waals surface area contributed by atoms with Gasteiger partial charge in [0.1, 0.15) is 5.56 Å². The minimum Gasteiger partial charge on any atom is -0.477 e. The van der Waals surface area contributed by atoms with Crippen LogP contribution in [-0.4, -0.2) is 28.7 Å². The maximum Gasteiger partial charge on any atom is 0.341 e. The van der Waals surface area contributed by atoms with E-state index in [0.717, 1.165) is 12.1 Å². The van der Waals surface area contributed by atoms with Gasteiger partial charge in [0.15, 0.2) is 11.6 Å². The summed E-state index contributed by atoms with van der Waals surface area (Å²) in [7, 11) is 0. The number of benzene rings is 1. The first-order valence-electron chi connectivity index (χ1n) is 5.97. The van der Waals surface area contributed by atoms with E-state index in [2.05, 4.69) is 5.32 Å². The molecule has 104 valence electrons. The van der Waals surface area contributed by atoms with Gasteiger partial charge in [-0.1, -0.05) is 0 Å². The Balaban J connectivity index is 2.41. The molecule has 0 unspecified atom stereocenters. The zero-order valence-electron chi connectivity index (χ0n) is 10.2. The van der Waals surface area contributed by atoms with E-state index in [1.54, 1.807) is 0 Å². The average Bonchev–Trinajstić information content (AvgIpc) is 2.32. The van der Waals surface area contributed by atoms with Gasteiger partial charge in [-0.15, -0.1) is 0 Å². The van der Waals surface area contributed by atoms with Crippen molar-refractivity contribution >= 4 is 16.9 Å². The number of hydrogen-bond donors (Lipinski definition) is 2. The highest BCUT2D eigenvalue weighted by atomic mass is 19.2. The molecule has 2 aromatic rings. The number of nitrogens with zero attached hydrogens (tertiary/aromatic N) is 1. The molecule has 1 aliphatic heterocycles. The number of aromatic carboxylic acids is 1. The van der Waals surface area contributed by atoms with Crippen molar-refractivity contribution in [3.63, 3.8) is 0 Å². The van der Waals surface area contributed by atoms with Gasteiger partial charge in [-0.3, -0.25) is 4.79 Å². The number of rotatable bonds is 2. The fourth-order valence-electron chi connectivity index (χ4n) is 2.27. The molecule has 0 radical (unpaired) electrons. The Hall–Kier alpha value is -2.28. The van der Waals surface area contributed by atoms with Crippen molar-refractivity contribution in [2.75, 3.05) is 13.1 Å². The van der Waals surface area contributed by atoms with Gasteiger partial charge in [0.2, 0.25) is 5.43 Å². The summed E-state index contributed by atoms with van der Waals surface area (Å²) in [6, 6.07) is 1.60.